The average molecular weight is 341 g/mol. The fraction of sp³-hybridized carbons (Fsp3) is 0.611. The summed E-state index contributed by atoms with van der Waals surface area (Å²) in [6.07, 6.45) is 3.33. The number of hydrogen-bond donors (Lipinski definition) is 2. The number of nitrogens with two attached hydrogens (primary N) is 1. The number of nitrogens with one attached hydrogen (secondary N) is 1. The summed E-state index contributed by atoms with van der Waals surface area (Å²) in [6.45, 7) is 6.84. The van der Waals surface area contributed by atoms with Crippen LogP contribution in [0.15, 0.2) is 24.3 Å². The standard InChI is InChI=1S/C18H28N2O2.ClH/c1-4-13(2)15-7-5-6-8-16(15)22-11-17(21)20-18(3,12-19)14-9-10-14;/h5-8,13-14H,4,9-12,19H2,1-3H3,(H,20,21);1H. The van der Waals surface area contributed by atoms with Gasteiger partial charge in [-0.2, -0.15) is 0 Å². The number of para-hydroxylation sites is 1. The highest BCUT2D eigenvalue weighted by molar-refractivity contribution is 5.85. The fourth-order valence-corrected chi connectivity index (χ4v) is 2.78. The molecule has 0 heterocycles. The van der Waals surface area contributed by atoms with Crippen LogP contribution >= 0.6 is 12.4 Å². The van der Waals surface area contributed by atoms with Crippen LogP contribution in [0.2, 0.25) is 0 Å². The molecular weight excluding hydrogens is 312 g/mol. The Bertz CT molecular complexity index is 519. The maximum Gasteiger partial charge on any atom is 0.258 e. The molecule has 0 aromatic heterocycles. The Morgan fingerprint density at radius 1 is 1.43 bits per heavy atom. The lowest BCUT2D eigenvalue weighted by molar-refractivity contribution is -0.125. The smallest absolute Gasteiger partial charge is 0.258 e. The first-order valence-electron chi connectivity index (χ1n) is 8.23. The Balaban J connectivity index is 0.00000264. The third-order valence-electron chi connectivity index (χ3n) is 4.75. The van der Waals surface area contributed by atoms with Crippen molar-refractivity contribution in [3.05, 3.63) is 29.8 Å². The summed E-state index contributed by atoms with van der Waals surface area (Å²) in [6, 6.07) is 7.94. The Kier molecular flexibility index (Phi) is 7.36. The molecule has 0 aliphatic heterocycles. The van der Waals surface area contributed by atoms with Crippen LogP contribution in [0.1, 0.15) is 51.5 Å². The molecule has 1 amide bonds. The second-order valence-electron chi connectivity index (χ2n) is 6.58. The van der Waals surface area contributed by atoms with Gasteiger partial charge >= 0.3 is 0 Å². The number of ether oxygens (including phenoxy) is 1. The fourth-order valence-electron chi connectivity index (χ4n) is 2.78. The molecule has 1 saturated carbocycles. The number of amides is 1. The maximum absolute atomic E-state index is 12.2. The number of halogens is 1. The molecule has 0 saturated heterocycles. The third-order valence-corrected chi connectivity index (χ3v) is 4.75. The van der Waals surface area contributed by atoms with Gasteiger partial charge in [0.2, 0.25) is 0 Å². The third kappa shape index (κ3) is 5.11. The monoisotopic (exact) mass is 340 g/mol. The number of carbonyl (C=O) groups is 1. The van der Waals surface area contributed by atoms with E-state index in [2.05, 4.69) is 25.2 Å². The van der Waals surface area contributed by atoms with Gasteiger partial charge in [0.25, 0.3) is 5.91 Å². The first-order chi connectivity index (χ1) is 10.5. The Hall–Kier alpha value is -1.26. The summed E-state index contributed by atoms with van der Waals surface area (Å²) >= 11 is 0. The Labute approximate surface area is 145 Å². The second kappa shape index (κ2) is 8.55. The molecule has 1 fully saturated rings. The van der Waals surface area contributed by atoms with Crippen molar-refractivity contribution < 1.29 is 9.53 Å². The zero-order chi connectivity index (χ0) is 16.2. The lowest BCUT2D eigenvalue weighted by atomic mass is 9.96. The van der Waals surface area contributed by atoms with E-state index in [1.54, 1.807) is 0 Å². The SMILES string of the molecule is CCC(C)c1ccccc1OCC(=O)NC(C)(CN)C1CC1.Cl. The average Bonchev–Trinajstić information content (AvgIpc) is 3.37. The summed E-state index contributed by atoms with van der Waals surface area (Å²) in [7, 11) is 0. The van der Waals surface area contributed by atoms with E-state index < -0.39 is 0 Å². The minimum Gasteiger partial charge on any atom is -0.483 e. The molecule has 0 spiro atoms. The minimum absolute atomic E-state index is 0. The summed E-state index contributed by atoms with van der Waals surface area (Å²) < 4.78 is 5.76. The van der Waals surface area contributed by atoms with Crippen LogP contribution in [0.25, 0.3) is 0 Å². The number of hydrogen-bond acceptors (Lipinski definition) is 3. The summed E-state index contributed by atoms with van der Waals surface area (Å²) in [5.74, 6) is 1.63. The molecule has 5 heteroatoms. The van der Waals surface area contributed by atoms with Crippen molar-refractivity contribution >= 4 is 18.3 Å². The number of rotatable bonds is 8. The molecule has 2 rings (SSSR count). The zero-order valence-electron chi connectivity index (χ0n) is 14.3. The van der Waals surface area contributed by atoms with E-state index >= 15 is 0 Å². The first kappa shape index (κ1) is 19.8. The minimum atomic E-state index is -0.295. The van der Waals surface area contributed by atoms with Crippen LogP contribution in [0.4, 0.5) is 0 Å². The van der Waals surface area contributed by atoms with Crippen LogP contribution in [-0.4, -0.2) is 24.6 Å². The summed E-state index contributed by atoms with van der Waals surface area (Å²) in [5, 5.41) is 3.05. The topological polar surface area (TPSA) is 64.3 Å². The van der Waals surface area contributed by atoms with E-state index in [9.17, 15) is 4.79 Å². The summed E-state index contributed by atoms with van der Waals surface area (Å²) in [4.78, 5) is 12.2. The van der Waals surface area contributed by atoms with E-state index in [0.717, 1.165) is 30.6 Å². The van der Waals surface area contributed by atoms with Gasteiger partial charge in [-0.1, -0.05) is 32.0 Å². The van der Waals surface area contributed by atoms with Crippen molar-refractivity contribution in [1.29, 1.82) is 0 Å². The van der Waals surface area contributed by atoms with Gasteiger partial charge in [0.15, 0.2) is 6.61 Å². The van der Waals surface area contributed by atoms with Crippen LogP contribution in [-0.2, 0) is 4.79 Å². The highest BCUT2D eigenvalue weighted by Gasteiger charge is 2.41. The van der Waals surface area contributed by atoms with Gasteiger partial charge in [-0.25, -0.2) is 0 Å². The van der Waals surface area contributed by atoms with Crippen LogP contribution in [0.5, 0.6) is 5.75 Å². The molecule has 1 aliphatic carbocycles. The Morgan fingerprint density at radius 3 is 2.65 bits per heavy atom. The van der Waals surface area contributed by atoms with Crippen molar-refractivity contribution in [3.8, 4) is 5.75 Å². The van der Waals surface area contributed by atoms with Gasteiger partial charge in [-0.3, -0.25) is 4.79 Å². The highest BCUT2D eigenvalue weighted by atomic mass is 35.5. The van der Waals surface area contributed by atoms with Gasteiger partial charge in [0.05, 0.1) is 5.54 Å². The molecule has 130 valence electrons. The predicted molar refractivity (Wildman–Crippen MR) is 96.2 cm³/mol. The predicted octanol–water partition coefficient (Wildman–Crippen LogP) is 3.24. The molecule has 3 N–H and O–H groups in total. The largest absolute Gasteiger partial charge is 0.483 e. The van der Waals surface area contributed by atoms with Crippen LogP contribution < -0.4 is 15.8 Å². The van der Waals surface area contributed by atoms with Crippen molar-refractivity contribution in [2.24, 2.45) is 11.7 Å². The van der Waals surface area contributed by atoms with Gasteiger partial charge in [-0.05, 0) is 49.7 Å². The van der Waals surface area contributed by atoms with E-state index in [1.165, 1.54) is 0 Å². The lowest BCUT2D eigenvalue weighted by Crippen LogP contribution is -2.54. The second-order valence-corrected chi connectivity index (χ2v) is 6.58. The molecular formula is C18H29ClN2O2. The van der Waals surface area contributed by atoms with Crippen molar-refractivity contribution in [2.75, 3.05) is 13.2 Å². The summed E-state index contributed by atoms with van der Waals surface area (Å²) in [5.41, 5.74) is 6.69. The molecule has 4 nitrogen and oxygen atoms in total. The van der Waals surface area contributed by atoms with Gasteiger partial charge in [0.1, 0.15) is 5.75 Å². The maximum atomic E-state index is 12.2. The molecule has 2 atom stereocenters. The normalized spacial score (nSPS) is 17.6. The van der Waals surface area contributed by atoms with Crippen LogP contribution in [0.3, 0.4) is 0 Å². The molecule has 1 aromatic rings. The molecule has 2 unspecified atom stereocenters. The molecule has 1 aromatic carbocycles. The van der Waals surface area contributed by atoms with Crippen molar-refractivity contribution in [2.45, 2.75) is 51.5 Å². The van der Waals surface area contributed by atoms with Gasteiger partial charge < -0.3 is 15.8 Å². The number of carbonyl (C=O) groups excluding carboxylic acids is 1. The van der Waals surface area contributed by atoms with Gasteiger partial charge in [-0.15, -0.1) is 12.4 Å². The highest BCUT2D eigenvalue weighted by Crippen LogP contribution is 2.39. The lowest BCUT2D eigenvalue weighted by Gasteiger charge is -2.29. The quantitative estimate of drug-likeness (QED) is 0.763. The molecule has 23 heavy (non-hydrogen) atoms. The van der Waals surface area contributed by atoms with E-state index in [1.807, 2.05) is 25.1 Å². The van der Waals surface area contributed by atoms with Gasteiger partial charge in [0, 0.05) is 6.54 Å². The zero-order valence-corrected chi connectivity index (χ0v) is 15.1. The molecule has 1 aliphatic rings. The first-order valence-corrected chi connectivity index (χ1v) is 8.23. The molecule has 0 bridgehead atoms. The van der Waals surface area contributed by atoms with E-state index in [-0.39, 0.29) is 30.5 Å². The Morgan fingerprint density at radius 2 is 2.09 bits per heavy atom. The van der Waals surface area contributed by atoms with Crippen molar-refractivity contribution in [1.82, 2.24) is 5.32 Å². The number of benzene rings is 1. The van der Waals surface area contributed by atoms with E-state index in [4.69, 9.17) is 10.5 Å². The van der Waals surface area contributed by atoms with E-state index in [0.29, 0.717) is 18.4 Å². The van der Waals surface area contributed by atoms with Crippen molar-refractivity contribution in [3.63, 3.8) is 0 Å². The van der Waals surface area contributed by atoms with Crippen LogP contribution in [0, 0.1) is 5.92 Å². The molecule has 0 radical (unpaired) electrons.